The summed E-state index contributed by atoms with van der Waals surface area (Å²) in [5, 5.41) is 2.77. The summed E-state index contributed by atoms with van der Waals surface area (Å²) in [7, 11) is 0. The number of aromatic nitrogens is 3. The molecule has 0 atom stereocenters. The van der Waals surface area contributed by atoms with Crippen molar-refractivity contribution < 1.29 is 14.3 Å². The van der Waals surface area contributed by atoms with Gasteiger partial charge in [0.05, 0.1) is 18.8 Å². The van der Waals surface area contributed by atoms with E-state index in [1.807, 2.05) is 4.90 Å². The van der Waals surface area contributed by atoms with Crippen LogP contribution in [0.2, 0.25) is 0 Å². The van der Waals surface area contributed by atoms with Crippen LogP contribution in [0.5, 0.6) is 0 Å². The maximum Gasteiger partial charge on any atom is 0.408 e. The number of nitrogens with zero attached hydrogens (tertiary/aromatic N) is 4. The molecule has 0 saturated carbocycles. The van der Waals surface area contributed by atoms with Gasteiger partial charge in [-0.1, -0.05) is 0 Å². The van der Waals surface area contributed by atoms with Crippen LogP contribution in [0, 0.1) is 0 Å². The highest BCUT2D eigenvalue weighted by molar-refractivity contribution is 5.68. The molecular formula is C15H26N6O3. The molecule has 1 aliphatic heterocycles. The van der Waals surface area contributed by atoms with Crippen molar-refractivity contribution in [1.82, 2.24) is 20.3 Å². The third-order valence-corrected chi connectivity index (χ3v) is 3.31. The lowest BCUT2D eigenvalue weighted by molar-refractivity contribution is 0.0466. The Hall–Kier alpha value is -2.16. The Balaban J connectivity index is 2.19. The summed E-state index contributed by atoms with van der Waals surface area (Å²) < 4.78 is 10.6. The van der Waals surface area contributed by atoms with Crippen molar-refractivity contribution in [2.24, 2.45) is 0 Å². The summed E-state index contributed by atoms with van der Waals surface area (Å²) in [5.41, 5.74) is 4.38. The third-order valence-electron chi connectivity index (χ3n) is 3.31. The molecule has 1 saturated heterocycles. The quantitative estimate of drug-likeness (QED) is 0.840. The molecule has 1 aromatic heterocycles. The zero-order valence-electron chi connectivity index (χ0n) is 14.9. The molecule has 0 radical (unpaired) electrons. The van der Waals surface area contributed by atoms with E-state index in [2.05, 4.69) is 20.3 Å². The van der Waals surface area contributed by atoms with Crippen molar-refractivity contribution in [3.05, 3.63) is 5.82 Å². The molecule has 0 aliphatic carbocycles. The highest BCUT2D eigenvalue weighted by atomic mass is 16.6. The Morgan fingerprint density at radius 1 is 1.17 bits per heavy atom. The molecule has 9 nitrogen and oxygen atoms in total. The van der Waals surface area contributed by atoms with E-state index >= 15 is 0 Å². The Morgan fingerprint density at radius 2 is 1.79 bits per heavy atom. The summed E-state index contributed by atoms with van der Waals surface area (Å²) in [6.07, 6.45) is -0.542. The maximum atomic E-state index is 12.1. The first-order chi connectivity index (χ1) is 11.1. The molecule has 9 heteroatoms. The first-order valence-corrected chi connectivity index (χ1v) is 7.93. The summed E-state index contributed by atoms with van der Waals surface area (Å²) >= 11 is 0. The fourth-order valence-electron chi connectivity index (χ4n) is 2.18. The number of nitrogen functional groups attached to an aromatic ring is 1. The van der Waals surface area contributed by atoms with Crippen molar-refractivity contribution in [2.75, 3.05) is 36.9 Å². The predicted molar refractivity (Wildman–Crippen MR) is 89.7 cm³/mol. The van der Waals surface area contributed by atoms with Gasteiger partial charge in [-0.2, -0.15) is 15.0 Å². The van der Waals surface area contributed by atoms with Gasteiger partial charge in [-0.15, -0.1) is 0 Å². The molecule has 1 aliphatic rings. The van der Waals surface area contributed by atoms with E-state index in [1.165, 1.54) is 0 Å². The zero-order valence-corrected chi connectivity index (χ0v) is 14.9. The lowest BCUT2D eigenvalue weighted by Crippen LogP contribution is -2.45. The molecule has 0 spiro atoms. The Morgan fingerprint density at radius 3 is 2.38 bits per heavy atom. The molecule has 0 bridgehead atoms. The van der Waals surface area contributed by atoms with Gasteiger partial charge in [-0.25, -0.2) is 4.79 Å². The second-order valence-corrected chi connectivity index (χ2v) is 7.17. The number of nitrogens with one attached hydrogen (secondary N) is 1. The second-order valence-electron chi connectivity index (χ2n) is 7.17. The minimum absolute atomic E-state index is 0.112. The Bertz CT molecular complexity index is 593. The molecule has 24 heavy (non-hydrogen) atoms. The van der Waals surface area contributed by atoms with Gasteiger partial charge in [0.15, 0.2) is 5.82 Å². The smallest absolute Gasteiger partial charge is 0.408 e. The summed E-state index contributed by atoms with van der Waals surface area (Å²) in [6, 6.07) is 0. The Kier molecular flexibility index (Phi) is 5.12. The molecule has 2 rings (SSSR count). The van der Waals surface area contributed by atoms with Crippen LogP contribution >= 0.6 is 0 Å². The number of nitrogens with two attached hydrogens (primary N) is 1. The van der Waals surface area contributed by atoms with Crippen molar-refractivity contribution in [3.8, 4) is 0 Å². The van der Waals surface area contributed by atoms with Gasteiger partial charge in [-0.3, -0.25) is 0 Å². The normalized spacial score (nSPS) is 16.0. The number of anilines is 2. The van der Waals surface area contributed by atoms with Crippen LogP contribution in [0.15, 0.2) is 0 Å². The lowest BCUT2D eigenvalue weighted by Gasteiger charge is -2.30. The largest absolute Gasteiger partial charge is 0.444 e. The average Bonchev–Trinajstić information content (AvgIpc) is 2.45. The van der Waals surface area contributed by atoms with Crippen LogP contribution in [-0.4, -0.2) is 52.9 Å². The van der Waals surface area contributed by atoms with Crippen LogP contribution in [0.1, 0.15) is 40.4 Å². The number of hydrogen-bond donors (Lipinski definition) is 2. The minimum atomic E-state index is -0.861. The number of hydrogen-bond acceptors (Lipinski definition) is 8. The van der Waals surface area contributed by atoms with Crippen molar-refractivity contribution in [2.45, 2.75) is 45.8 Å². The van der Waals surface area contributed by atoms with Gasteiger partial charge < -0.3 is 25.4 Å². The topological polar surface area (TPSA) is 115 Å². The summed E-state index contributed by atoms with van der Waals surface area (Å²) in [5.74, 6) is 0.975. The van der Waals surface area contributed by atoms with Gasteiger partial charge in [0.1, 0.15) is 5.60 Å². The zero-order chi connectivity index (χ0) is 18.0. The standard InChI is InChI=1S/C15H26N6O3/c1-14(2,3)24-13(22)20-15(4,5)10-17-11(16)19-12(18-10)21-6-8-23-9-7-21/h6-9H2,1-5H3,(H,20,22)(H2,16,17,18,19). The first kappa shape index (κ1) is 18.2. The maximum absolute atomic E-state index is 12.1. The van der Waals surface area contributed by atoms with Crippen molar-refractivity contribution in [3.63, 3.8) is 0 Å². The highest BCUT2D eigenvalue weighted by Crippen LogP contribution is 2.21. The number of morpholine rings is 1. The molecule has 1 aromatic rings. The lowest BCUT2D eigenvalue weighted by atomic mass is 10.1. The number of alkyl carbamates (subject to hydrolysis) is 1. The van der Waals surface area contributed by atoms with E-state index in [0.29, 0.717) is 38.1 Å². The first-order valence-electron chi connectivity index (χ1n) is 7.93. The molecular weight excluding hydrogens is 312 g/mol. The number of carbonyl (C=O) groups excluding carboxylic acids is 1. The SMILES string of the molecule is CC(C)(C)OC(=O)NC(C)(C)c1nc(N)nc(N2CCOCC2)n1. The number of amides is 1. The van der Waals surface area contributed by atoms with E-state index in [4.69, 9.17) is 15.2 Å². The number of carbonyl (C=O) groups is 1. The van der Waals surface area contributed by atoms with E-state index in [0.717, 1.165) is 0 Å². The van der Waals surface area contributed by atoms with E-state index < -0.39 is 17.2 Å². The highest BCUT2D eigenvalue weighted by Gasteiger charge is 2.30. The van der Waals surface area contributed by atoms with Gasteiger partial charge in [0.25, 0.3) is 0 Å². The number of rotatable bonds is 3. The van der Waals surface area contributed by atoms with Crippen molar-refractivity contribution in [1.29, 1.82) is 0 Å². The molecule has 1 fully saturated rings. The molecule has 2 heterocycles. The van der Waals surface area contributed by atoms with Crippen LogP contribution in [0.25, 0.3) is 0 Å². The van der Waals surface area contributed by atoms with Gasteiger partial charge >= 0.3 is 6.09 Å². The van der Waals surface area contributed by atoms with Gasteiger partial charge in [-0.05, 0) is 34.6 Å². The molecule has 3 N–H and O–H groups in total. The van der Waals surface area contributed by atoms with Crippen LogP contribution in [0.4, 0.5) is 16.7 Å². The van der Waals surface area contributed by atoms with E-state index in [-0.39, 0.29) is 5.95 Å². The fraction of sp³-hybridized carbons (Fsp3) is 0.733. The van der Waals surface area contributed by atoms with Crippen molar-refractivity contribution >= 4 is 18.0 Å². The second kappa shape index (κ2) is 6.76. The summed E-state index contributed by atoms with van der Waals surface area (Å²) in [6.45, 7) is 11.6. The molecule has 0 aromatic carbocycles. The predicted octanol–water partition coefficient (Wildman–Crippen LogP) is 1.05. The minimum Gasteiger partial charge on any atom is -0.444 e. The Labute approximate surface area is 142 Å². The summed E-state index contributed by atoms with van der Waals surface area (Å²) in [4.78, 5) is 26.9. The number of ether oxygens (including phenoxy) is 2. The van der Waals surface area contributed by atoms with Crippen LogP contribution in [0.3, 0.4) is 0 Å². The molecule has 0 unspecified atom stereocenters. The average molecular weight is 338 g/mol. The van der Waals surface area contributed by atoms with E-state index in [9.17, 15) is 4.79 Å². The third kappa shape index (κ3) is 4.92. The molecule has 1 amide bonds. The monoisotopic (exact) mass is 338 g/mol. The van der Waals surface area contributed by atoms with Gasteiger partial charge in [0.2, 0.25) is 11.9 Å². The molecule has 134 valence electrons. The van der Waals surface area contributed by atoms with E-state index in [1.54, 1.807) is 34.6 Å². The van der Waals surface area contributed by atoms with Gasteiger partial charge in [0, 0.05) is 13.1 Å². The van der Waals surface area contributed by atoms with Crippen LogP contribution < -0.4 is 16.0 Å². The fourth-order valence-corrected chi connectivity index (χ4v) is 2.18. The van der Waals surface area contributed by atoms with Crippen LogP contribution in [-0.2, 0) is 15.0 Å².